The molecule has 0 fully saturated rings. The first-order valence-corrected chi connectivity index (χ1v) is 6.49. The van der Waals surface area contributed by atoms with Crippen LogP contribution in [0.1, 0.15) is 17.3 Å². The number of para-hydroxylation sites is 1. The van der Waals surface area contributed by atoms with Gasteiger partial charge in [0.05, 0.1) is 11.3 Å². The van der Waals surface area contributed by atoms with Gasteiger partial charge in [-0.1, -0.05) is 18.2 Å². The predicted molar refractivity (Wildman–Crippen MR) is 62.2 cm³/mol. The Morgan fingerprint density at radius 3 is 2.62 bits per heavy atom. The largest absolute Gasteiger partial charge is 0.298 e. The molecule has 0 aliphatic rings. The Kier molecular flexibility index (Phi) is 2.55. The lowest BCUT2D eigenvalue weighted by molar-refractivity contribution is 0.112. The second-order valence-electron chi connectivity index (χ2n) is 3.42. The summed E-state index contributed by atoms with van der Waals surface area (Å²) >= 11 is 0. The summed E-state index contributed by atoms with van der Waals surface area (Å²) in [7, 11) is -3.36. The van der Waals surface area contributed by atoms with Crippen molar-refractivity contribution in [3.63, 3.8) is 0 Å². The Labute approximate surface area is 93.5 Å². The second-order valence-corrected chi connectivity index (χ2v) is 5.55. The van der Waals surface area contributed by atoms with Crippen molar-refractivity contribution >= 4 is 27.2 Å². The van der Waals surface area contributed by atoms with Gasteiger partial charge >= 0.3 is 0 Å². The maximum atomic E-state index is 11.8. The minimum absolute atomic E-state index is 0.00394. The van der Waals surface area contributed by atoms with Crippen molar-refractivity contribution in [2.45, 2.75) is 6.92 Å². The van der Waals surface area contributed by atoms with Crippen LogP contribution >= 0.6 is 0 Å². The van der Waals surface area contributed by atoms with Crippen LogP contribution in [-0.2, 0) is 10.0 Å². The molecule has 2 rings (SSSR count). The number of fused-ring (bicyclic) bond motifs is 1. The van der Waals surface area contributed by atoms with Crippen LogP contribution in [0.5, 0.6) is 0 Å². The van der Waals surface area contributed by atoms with Crippen LogP contribution in [0.2, 0.25) is 0 Å². The summed E-state index contributed by atoms with van der Waals surface area (Å²) in [6, 6.07) is 6.95. The zero-order chi connectivity index (χ0) is 11.8. The Morgan fingerprint density at radius 1 is 1.31 bits per heavy atom. The number of rotatable bonds is 3. The molecule has 0 saturated carbocycles. The van der Waals surface area contributed by atoms with Crippen molar-refractivity contribution in [1.82, 2.24) is 3.97 Å². The summed E-state index contributed by atoms with van der Waals surface area (Å²) in [4.78, 5) is 10.8. The molecule has 5 heteroatoms. The average molecular weight is 237 g/mol. The van der Waals surface area contributed by atoms with Gasteiger partial charge in [0.25, 0.3) is 0 Å². The molecule has 1 heterocycles. The summed E-state index contributed by atoms with van der Waals surface area (Å²) in [6.07, 6.45) is 2.04. The Bertz CT molecular complexity index is 640. The normalized spacial score (nSPS) is 11.8. The molecule has 0 amide bonds. The first-order chi connectivity index (χ1) is 7.60. The van der Waals surface area contributed by atoms with E-state index in [1.165, 1.54) is 10.2 Å². The van der Waals surface area contributed by atoms with E-state index in [-0.39, 0.29) is 5.75 Å². The average Bonchev–Trinajstić information content (AvgIpc) is 2.68. The molecule has 0 radical (unpaired) electrons. The quantitative estimate of drug-likeness (QED) is 0.763. The van der Waals surface area contributed by atoms with E-state index >= 15 is 0 Å². The molecule has 4 nitrogen and oxygen atoms in total. The Morgan fingerprint density at radius 2 is 2.00 bits per heavy atom. The lowest BCUT2D eigenvalue weighted by atomic mass is 10.2. The van der Waals surface area contributed by atoms with Crippen LogP contribution in [-0.4, -0.2) is 24.4 Å². The fourth-order valence-corrected chi connectivity index (χ4v) is 2.65. The van der Waals surface area contributed by atoms with Crippen molar-refractivity contribution in [1.29, 1.82) is 0 Å². The molecule has 1 aromatic heterocycles. The molecule has 0 spiro atoms. The highest BCUT2D eigenvalue weighted by Crippen LogP contribution is 2.21. The molecule has 16 heavy (non-hydrogen) atoms. The molecule has 84 valence electrons. The third kappa shape index (κ3) is 1.53. The fraction of sp³-hybridized carbons (Fsp3) is 0.182. The second kappa shape index (κ2) is 3.75. The fourth-order valence-electron chi connectivity index (χ4n) is 1.64. The number of benzene rings is 1. The number of nitrogens with zero attached hydrogens (tertiary/aromatic N) is 1. The molecule has 0 N–H and O–H groups in total. The lowest BCUT2D eigenvalue weighted by Gasteiger charge is -2.03. The first kappa shape index (κ1) is 10.9. The molecule has 0 unspecified atom stereocenters. The van der Waals surface area contributed by atoms with Gasteiger partial charge in [0, 0.05) is 17.1 Å². The van der Waals surface area contributed by atoms with Crippen LogP contribution in [0.25, 0.3) is 10.9 Å². The van der Waals surface area contributed by atoms with Crippen LogP contribution in [0.15, 0.2) is 30.5 Å². The molecule has 0 aliphatic heterocycles. The number of carbonyl (C=O) groups is 1. The zero-order valence-electron chi connectivity index (χ0n) is 8.75. The van der Waals surface area contributed by atoms with Gasteiger partial charge in [-0.05, 0) is 13.0 Å². The summed E-state index contributed by atoms with van der Waals surface area (Å²) < 4.78 is 24.8. The van der Waals surface area contributed by atoms with Gasteiger partial charge in [-0.2, -0.15) is 0 Å². The molecule has 0 aliphatic carbocycles. The highest BCUT2D eigenvalue weighted by atomic mass is 32.2. The lowest BCUT2D eigenvalue weighted by Crippen LogP contribution is -2.13. The summed E-state index contributed by atoms with van der Waals surface area (Å²) in [5.41, 5.74) is 0.944. The maximum Gasteiger partial charge on any atom is 0.238 e. The predicted octanol–water partition coefficient (Wildman–Crippen LogP) is 1.65. The molecule has 2 aromatic rings. The smallest absolute Gasteiger partial charge is 0.238 e. The van der Waals surface area contributed by atoms with Crippen molar-refractivity contribution in [2.24, 2.45) is 0 Å². The minimum atomic E-state index is -3.36. The summed E-state index contributed by atoms with van der Waals surface area (Å²) in [6.45, 7) is 1.57. The molecule has 0 saturated heterocycles. The van der Waals surface area contributed by atoms with Gasteiger partial charge < -0.3 is 0 Å². The Balaban J connectivity index is 2.87. The zero-order valence-corrected chi connectivity index (χ0v) is 9.57. The minimum Gasteiger partial charge on any atom is -0.298 e. The molecule has 1 aromatic carbocycles. The third-order valence-corrected chi connectivity index (χ3v) is 4.13. The van der Waals surface area contributed by atoms with E-state index in [1.807, 2.05) is 0 Å². The number of aromatic nitrogens is 1. The van der Waals surface area contributed by atoms with Gasteiger partial charge in [0.1, 0.15) is 0 Å². The van der Waals surface area contributed by atoms with Crippen molar-refractivity contribution in [3.05, 3.63) is 36.0 Å². The maximum absolute atomic E-state index is 11.8. The topological polar surface area (TPSA) is 56.1 Å². The van der Waals surface area contributed by atoms with Crippen LogP contribution < -0.4 is 0 Å². The van der Waals surface area contributed by atoms with Gasteiger partial charge in [0.15, 0.2) is 6.29 Å². The molecular formula is C11H11NO3S. The molecule has 0 bridgehead atoms. The van der Waals surface area contributed by atoms with E-state index in [1.54, 1.807) is 31.2 Å². The van der Waals surface area contributed by atoms with Gasteiger partial charge in [-0.25, -0.2) is 12.4 Å². The Hall–Kier alpha value is -1.62. The SMILES string of the molecule is CCS(=O)(=O)n1cc(C=O)c2ccccc21. The van der Waals surface area contributed by atoms with Gasteiger partial charge in [-0.15, -0.1) is 0 Å². The van der Waals surface area contributed by atoms with Gasteiger partial charge in [-0.3, -0.25) is 4.79 Å². The highest BCUT2D eigenvalue weighted by Gasteiger charge is 2.16. The molecule has 0 atom stereocenters. The summed E-state index contributed by atoms with van der Waals surface area (Å²) in [5, 5.41) is 0.662. The standard InChI is InChI=1S/C11H11NO3S/c1-2-16(14,15)12-7-9(8-13)10-5-3-4-6-11(10)12/h3-8H,2H2,1H3. The number of hydrogen-bond donors (Lipinski definition) is 0. The summed E-state index contributed by atoms with van der Waals surface area (Å²) in [5.74, 6) is 0.00394. The van der Waals surface area contributed by atoms with Crippen molar-refractivity contribution in [2.75, 3.05) is 5.75 Å². The number of hydrogen-bond acceptors (Lipinski definition) is 3. The van der Waals surface area contributed by atoms with Crippen molar-refractivity contribution < 1.29 is 13.2 Å². The van der Waals surface area contributed by atoms with Crippen LogP contribution in [0.4, 0.5) is 0 Å². The van der Waals surface area contributed by atoms with Crippen molar-refractivity contribution in [3.8, 4) is 0 Å². The monoisotopic (exact) mass is 237 g/mol. The number of aldehydes is 1. The molecular weight excluding hydrogens is 226 g/mol. The van der Waals surface area contributed by atoms with E-state index in [0.29, 0.717) is 22.8 Å². The van der Waals surface area contributed by atoms with E-state index < -0.39 is 10.0 Å². The third-order valence-electron chi connectivity index (χ3n) is 2.50. The van der Waals surface area contributed by atoms with E-state index in [4.69, 9.17) is 0 Å². The van der Waals surface area contributed by atoms with Gasteiger partial charge in [0.2, 0.25) is 10.0 Å². The van der Waals surface area contributed by atoms with Crippen LogP contribution in [0, 0.1) is 0 Å². The van der Waals surface area contributed by atoms with E-state index in [0.717, 1.165) is 0 Å². The highest BCUT2D eigenvalue weighted by molar-refractivity contribution is 7.90. The first-order valence-electron chi connectivity index (χ1n) is 4.88. The van der Waals surface area contributed by atoms with E-state index in [9.17, 15) is 13.2 Å². The van der Waals surface area contributed by atoms with E-state index in [2.05, 4.69) is 0 Å². The van der Waals surface area contributed by atoms with Crippen LogP contribution in [0.3, 0.4) is 0 Å². The number of carbonyl (C=O) groups excluding carboxylic acids is 1.